The van der Waals surface area contributed by atoms with Crippen molar-refractivity contribution >= 4 is 11.8 Å². The van der Waals surface area contributed by atoms with Gasteiger partial charge in [-0.1, -0.05) is 20.3 Å². The Balaban J connectivity index is 2.55. The number of hydrogen-bond donors (Lipinski definition) is 1. The Labute approximate surface area is 116 Å². The predicted octanol–water partition coefficient (Wildman–Crippen LogP) is 2.19. The highest BCUT2D eigenvalue weighted by Crippen LogP contribution is 2.24. The fourth-order valence-electron chi connectivity index (χ4n) is 2.30. The Morgan fingerprint density at radius 3 is 2.37 bits per heavy atom. The van der Waals surface area contributed by atoms with Crippen LogP contribution in [0.4, 0.5) is 0 Å². The Bertz CT molecular complexity index is 318. The van der Waals surface area contributed by atoms with Gasteiger partial charge in [-0.3, -0.25) is 9.59 Å². The number of likely N-dealkylation sites (tertiary alicyclic amines) is 1. The van der Waals surface area contributed by atoms with E-state index in [2.05, 4.69) is 19.2 Å². The molecule has 1 N–H and O–H groups in total. The molecule has 0 aromatic rings. The van der Waals surface area contributed by atoms with Crippen LogP contribution in [-0.2, 0) is 9.59 Å². The fourth-order valence-corrected chi connectivity index (χ4v) is 2.30. The molecule has 0 saturated carbocycles. The number of hydrogen-bond acceptors (Lipinski definition) is 2. The molecule has 1 rings (SSSR count). The molecule has 1 heterocycles. The number of nitrogens with zero attached hydrogens (tertiary/aromatic N) is 1. The zero-order chi connectivity index (χ0) is 14.5. The number of carbonyl (C=O) groups excluding carboxylic acids is 2. The van der Waals surface area contributed by atoms with Gasteiger partial charge in [-0.15, -0.1) is 0 Å². The summed E-state index contributed by atoms with van der Waals surface area (Å²) in [6.45, 7) is 9.98. The average molecular weight is 268 g/mol. The number of piperidine rings is 1. The van der Waals surface area contributed by atoms with Crippen LogP contribution in [0.15, 0.2) is 0 Å². The summed E-state index contributed by atoms with van der Waals surface area (Å²) in [5, 5.41) is 2.87. The number of amides is 2. The second kappa shape index (κ2) is 6.92. The summed E-state index contributed by atoms with van der Waals surface area (Å²) < 4.78 is 0. The maximum absolute atomic E-state index is 12.5. The minimum atomic E-state index is -0.950. The van der Waals surface area contributed by atoms with Crippen LogP contribution in [0.3, 0.4) is 0 Å². The lowest BCUT2D eigenvalue weighted by molar-refractivity contribution is -0.149. The molecule has 2 amide bonds. The third kappa shape index (κ3) is 4.22. The molecule has 1 aliphatic rings. The largest absolute Gasteiger partial charge is 0.355 e. The van der Waals surface area contributed by atoms with E-state index in [1.807, 2.05) is 4.90 Å². The lowest BCUT2D eigenvalue weighted by Crippen LogP contribution is -2.51. The molecule has 0 atom stereocenters. The van der Waals surface area contributed by atoms with E-state index in [1.165, 1.54) is 0 Å². The highest BCUT2D eigenvalue weighted by atomic mass is 16.2. The van der Waals surface area contributed by atoms with Crippen LogP contribution in [0, 0.1) is 11.3 Å². The van der Waals surface area contributed by atoms with E-state index >= 15 is 0 Å². The maximum Gasteiger partial charge on any atom is 0.237 e. The van der Waals surface area contributed by atoms with Crippen molar-refractivity contribution in [3.63, 3.8) is 0 Å². The molecule has 0 aromatic carbocycles. The van der Waals surface area contributed by atoms with Crippen molar-refractivity contribution in [1.29, 1.82) is 0 Å². The van der Waals surface area contributed by atoms with E-state index in [9.17, 15) is 9.59 Å². The van der Waals surface area contributed by atoms with Gasteiger partial charge in [-0.05, 0) is 39.0 Å². The second-order valence-electron chi connectivity index (χ2n) is 6.21. The first-order valence-electron chi connectivity index (χ1n) is 7.47. The zero-order valence-electron chi connectivity index (χ0n) is 12.8. The molecule has 0 aromatic heterocycles. The van der Waals surface area contributed by atoms with Gasteiger partial charge in [0.25, 0.3) is 0 Å². The smallest absolute Gasteiger partial charge is 0.237 e. The van der Waals surface area contributed by atoms with Gasteiger partial charge in [-0.25, -0.2) is 0 Å². The molecule has 1 fully saturated rings. The zero-order valence-corrected chi connectivity index (χ0v) is 12.8. The third-order valence-electron chi connectivity index (χ3n) is 3.99. The summed E-state index contributed by atoms with van der Waals surface area (Å²) >= 11 is 0. The first kappa shape index (κ1) is 16.0. The van der Waals surface area contributed by atoms with Crippen molar-refractivity contribution in [2.24, 2.45) is 11.3 Å². The van der Waals surface area contributed by atoms with Gasteiger partial charge in [0.15, 0.2) is 0 Å². The second-order valence-corrected chi connectivity index (χ2v) is 6.21. The molecule has 110 valence electrons. The van der Waals surface area contributed by atoms with Crippen molar-refractivity contribution in [3.05, 3.63) is 0 Å². The molecular formula is C15H28N2O2. The van der Waals surface area contributed by atoms with E-state index in [0.717, 1.165) is 38.8 Å². The molecule has 0 bridgehead atoms. The molecule has 0 aliphatic carbocycles. The van der Waals surface area contributed by atoms with Crippen molar-refractivity contribution in [2.75, 3.05) is 19.6 Å². The highest BCUT2D eigenvalue weighted by Gasteiger charge is 2.39. The molecule has 4 heteroatoms. The summed E-state index contributed by atoms with van der Waals surface area (Å²) in [5.41, 5.74) is -0.950. The van der Waals surface area contributed by atoms with Gasteiger partial charge in [0.05, 0.1) is 0 Å². The highest BCUT2D eigenvalue weighted by molar-refractivity contribution is 6.04. The van der Waals surface area contributed by atoms with Crippen LogP contribution in [0.5, 0.6) is 0 Å². The van der Waals surface area contributed by atoms with Gasteiger partial charge in [0.2, 0.25) is 11.8 Å². The molecular weight excluding hydrogens is 240 g/mol. The number of rotatable bonds is 5. The van der Waals surface area contributed by atoms with E-state index in [4.69, 9.17) is 0 Å². The normalized spacial score (nSPS) is 17.4. The van der Waals surface area contributed by atoms with Gasteiger partial charge >= 0.3 is 0 Å². The number of carbonyl (C=O) groups is 2. The standard InChI is InChI=1S/C15H28N2O2/c1-5-6-9-16-13(18)15(3,4)14(19)17-10-7-12(2)8-11-17/h12H,5-11H2,1-4H3,(H,16,18). The maximum atomic E-state index is 12.5. The van der Waals surface area contributed by atoms with Crippen LogP contribution in [0.25, 0.3) is 0 Å². The number of unbranched alkanes of at least 4 members (excludes halogenated alkanes) is 1. The predicted molar refractivity (Wildman–Crippen MR) is 76.7 cm³/mol. The van der Waals surface area contributed by atoms with Gasteiger partial charge in [-0.2, -0.15) is 0 Å². The average Bonchev–Trinajstić information content (AvgIpc) is 2.39. The van der Waals surface area contributed by atoms with Crippen molar-refractivity contribution < 1.29 is 9.59 Å². The summed E-state index contributed by atoms with van der Waals surface area (Å²) in [6, 6.07) is 0. The van der Waals surface area contributed by atoms with Crippen LogP contribution in [0.1, 0.15) is 53.4 Å². The third-order valence-corrected chi connectivity index (χ3v) is 3.99. The lowest BCUT2D eigenvalue weighted by atomic mass is 9.88. The van der Waals surface area contributed by atoms with Crippen LogP contribution in [0.2, 0.25) is 0 Å². The molecule has 0 spiro atoms. The summed E-state index contributed by atoms with van der Waals surface area (Å²) in [4.78, 5) is 26.4. The van der Waals surface area contributed by atoms with Crippen LogP contribution >= 0.6 is 0 Å². The quantitative estimate of drug-likeness (QED) is 0.614. The molecule has 0 unspecified atom stereocenters. The summed E-state index contributed by atoms with van der Waals surface area (Å²) in [6.07, 6.45) is 4.08. The fraction of sp³-hybridized carbons (Fsp3) is 0.867. The first-order chi connectivity index (χ1) is 8.89. The van der Waals surface area contributed by atoms with Gasteiger partial charge in [0.1, 0.15) is 5.41 Å². The minimum Gasteiger partial charge on any atom is -0.355 e. The molecule has 19 heavy (non-hydrogen) atoms. The lowest BCUT2D eigenvalue weighted by Gasteiger charge is -2.35. The van der Waals surface area contributed by atoms with Crippen molar-refractivity contribution in [1.82, 2.24) is 10.2 Å². The Morgan fingerprint density at radius 2 is 1.84 bits per heavy atom. The van der Waals surface area contributed by atoms with E-state index in [-0.39, 0.29) is 11.8 Å². The molecule has 4 nitrogen and oxygen atoms in total. The Morgan fingerprint density at radius 1 is 1.26 bits per heavy atom. The molecule has 0 radical (unpaired) electrons. The molecule has 1 saturated heterocycles. The Kier molecular flexibility index (Phi) is 5.83. The minimum absolute atomic E-state index is 0.0339. The van der Waals surface area contributed by atoms with E-state index < -0.39 is 5.41 Å². The molecule has 1 aliphatic heterocycles. The van der Waals surface area contributed by atoms with Crippen molar-refractivity contribution in [3.8, 4) is 0 Å². The topological polar surface area (TPSA) is 49.4 Å². The van der Waals surface area contributed by atoms with Gasteiger partial charge in [0, 0.05) is 19.6 Å². The monoisotopic (exact) mass is 268 g/mol. The Hall–Kier alpha value is -1.06. The SMILES string of the molecule is CCCCNC(=O)C(C)(C)C(=O)N1CCC(C)CC1. The van der Waals surface area contributed by atoms with Crippen LogP contribution in [-0.4, -0.2) is 36.3 Å². The first-order valence-corrected chi connectivity index (χ1v) is 7.47. The van der Waals surface area contributed by atoms with Crippen LogP contribution < -0.4 is 5.32 Å². The number of nitrogens with one attached hydrogen (secondary N) is 1. The summed E-state index contributed by atoms with van der Waals surface area (Å²) in [7, 11) is 0. The van der Waals surface area contributed by atoms with Gasteiger partial charge < -0.3 is 10.2 Å². The van der Waals surface area contributed by atoms with Crippen molar-refractivity contribution in [2.45, 2.75) is 53.4 Å². The summed E-state index contributed by atoms with van der Waals surface area (Å²) in [5.74, 6) is 0.503. The van der Waals surface area contributed by atoms with E-state index in [0.29, 0.717) is 12.5 Å². The van der Waals surface area contributed by atoms with E-state index in [1.54, 1.807) is 13.8 Å².